The van der Waals surface area contributed by atoms with E-state index in [1.165, 1.54) is 12.1 Å². The Kier molecular flexibility index (Phi) is 5.79. The standard InChI is InChI=1S/C14H21NO4/c1-14(2,10-16)9-15-7-8-19-12-5-3-11(4-6-12)13(17)18/h3-6,15-16H,7-10H2,1-2H3,(H,17,18). The Bertz CT molecular complexity index is 400. The Balaban J connectivity index is 2.24. The molecule has 0 radical (unpaired) electrons. The lowest BCUT2D eigenvalue weighted by Crippen LogP contribution is -2.34. The first-order valence-electron chi connectivity index (χ1n) is 6.22. The molecular weight excluding hydrogens is 246 g/mol. The van der Waals surface area contributed by atoms with Crippen molar-refractivity contribution >= 4 is 5.97 Å². The van der Waals surface area contributed by atoms with Crippen LogP contribution in [0.4, 0.5) is 0 Å². The average Bonchev–Trinajstić information content (AvgIpc) is 2.39. The number of hydrogen-bond donors (Lipinski definition) is 3. The largest absolute Gasteiger partial charge is 0.492 e. The van der Waals surface area contributed by atoms with Crippen molar-refractivity contribution < 1.29 is 19.7 Å². The van der Waals surface area contributed by atoms with Crippen LogP contribution < -0.4 is 10.1 Å². The summed E-state index contributed by atoms with van der Waals surface area (Å²) in [6.07, 6.45) is 0. The lowest BCUT2D eigenvalue weighted by atomic mass is 9.95. The summed E-state index contributed by atoms with van der Waals surface area (Å²) in [5.74, 6) is -0.298. The number of nitrogens with one attached hydrogen (secondary N) is 1. The molecule has 1 aromatic carbocycles. The number of hydrogen-bond acceptors (Lipinski definition) is 4. The van der Waals surface area contributed by atoms with Gasteiger partial charge in [0.1, 0.15) is 12.4 Å². The molecule has 1 rings (SSSR count). The van der Waals surface area contributed by atoms with E-state index in [4.69, 9.17) is 14.9 Å². The molecule has 0 unspecified atom stereocenters. The second kappa shape index (κ2) is 7.11. The first-order chi connectivity index (χ1) is 8.94. The van der Waals surface area contributed by atoms with Crippen molar-refractivity contribution in [2.24, 2.45) is 5.41 Å². The molecule has 1 aromatic rings. The summed E-state index contributed by atoms with van der Waals surface area (Å²) in [6, 6.07) is 6.31. The number of ether oxygens (including phenoxy) is 1. The number of aliphatic hydroxyl groups excluding tert-OH is 1. The highest BCUT2D eigenvalue weighted by Gasteiger charge is 2.15. The molecule has 0 spiro atoms. The van der Waals surface area contributed by atoms with Gasteiger partial charge in [0.05, 0.1) is 5.56 Å². The molecule has 0 saturated carbocycles. The molecule has 0 bridgehead atoms. The van der Waals surface area contributed by atoms with E-state index in [0.29, 0.717) is 25.4 Å². The number of carboxylic acids is 1. The lowest BCUT2D eigenvalue weighted by molar-refractivity contribution is 0.0697. The zero-order chi connectivity index (χ0) is 14.3. The average molecular weight is 267 g/mol. The summed E-state index contributed by atoms with van der Waals surface area (Å²) >= 11 is 0. The van der Waals surface area contributed by atoms with Crippen molar-refractivity contribution in [1.29, 1.82) is 0 Å². The summed E-state index contributed by atoms with van der Waals surface area (Å²) in [5, 5.41) is 21.0. The maximum Gasteiger partial charge on any atom is 0.335 e. The van der Waals surface area contributed by atoms with Crippen LogP contribution in [0.5, 0.6) is 5.75 Å². The highest BCUT2D eigenvalue weighted by Crippen LogP contribution is 2.12. The Labute approximate surface area is 113 Å². The maximum atomic E-state index is 10.7. The van der Waals surface area contributed by atoms with Gasteiger partial charge in [-0.05, 0) is 24.3 Å². The molecule has 0 aliphatic carbocycles. The number of benzene rings is 1. The van der Waals surface area contributed by atoms with Gasteiger partial charge in [0, 0.05) is 25.1 Å². The zero-order valence-electron chi connectivity index (χ0n) is 11.3. The molecule has 5 nitrogen and oxygen atoms in total. The molecule has 0 saturated heterocycles. The fraction of sp³-hybridized carbons (Fsp3) is 0.500. The van der Waals surface area contributed by atoms with Gasteiger partial charge in [0.2, 0.25) is 0 Å². The van der Waals surface area contributed by atoms with Gasteiger partial charge in [-0.2, -0.15) is 0 Å². The fourth-order valence-corrected chi connectivity index (χ4v) is 1.42. The van der Waals surface area contributed by atoms with Gasteiger partial charge in [-0.3, -0.25) is 0 Å². The number of aromatic carboxylic acids is 1. The van der Waals surface area contributed by atoms with E-state index in [1.54, 1.807) is 12.1 Å². The minimum atomic E-state index is -0.945. The van der Waals surface area contributed by atoms with Crippen LogP contribution >= 0.6 is 0 Å². The Hall–Kier alpha value is -1.59. The molecule has 106 valence electrons. The van der Waals surface area contributed by atoms with Crippen LogP contribution in [-0.2, 0) is 0 Å². The van der Waals surface area contributed by atoms with E-state index < -0.39 is 5.97 Å². The van der Waals surface area contributed by atoms with Crippen LogP contribution in [0.1, 0.15) is 24.2 Å². The third-order valence-corrected chi connectivity index (χ3v) is 2.68. The number of rotatable bonds is 8. The molecule has 0 fully saturated rings. The zero-order valence-corrected chi connectivity index (χ0v) is 11.3. The van der Waals surface area contributed by atoms with E-state index in [1.807, 2.05) is 13.8 Å². The minimum absolute atomic E-state index is 0.136. The van der Waals surface area contributed by atoms with Gasteiger partial charge in [-0.25, -0.2) is 4.79 Å². The second-order valence-electron chi connectivity index (χ2n) is 5.18. The van der Waals surface area contributed by atoms with E-state index in [0.717, 1.165) is 0 Å². The van der Waals surface area contributed by atoms with Crippen LogP contribution in [0.3, 0.4) is 0 Å². The molecule has 19 heavy (non-hydrogen) atoms. The lowest BCUT2D eigenvalue weighted by Gasteiger charge is -2.21. The van der Waals surface area contributed by atoms with Crippen LogP contribution in [0.25, 0.3) is 0 Å². The SMILES string of the molecule is CC(C)(CO)CNCCOc1ccc(C(=O)O)cc1. The molecular formula is C14H21NO4. The molecule has 0 amide bonds. The van der Waals surface area contributed by atoms with Gasteiger partial charge in [0.25, 0.3) is 0 Å². The first-order valence-corrected chi connectivity index (χ1v) is 6.22. The Morgan fingerprint density at radius 2 is 1.95 bits per heavy atom. The van der Waals surface area contributed by atoms with Crippen molar-refractivity contribution in [2.75, 3.05) is 26.3 Å². The topological polar surface area (TPSA) is 78.8 Å². The molecule has 0 aliphatic heterocycles. The molecule has 0 aliphatic rings. The normalized spacial score (nSPS) is 11.3. The predicted molar refractivity (Wildman–Crippen MR) is 72.6 cm³/mol. The molecule has 0 aromatic heterocycles. The molecule has 0 heterocycles. The van der Waals surface area contributed by atoms with E-state index in [-0.39, 0.29) is 17.6 Å². The number of aliphatic hydroxyl groups is 1. The van der Waals surface area contributed by atoms with Crippen LogP contribution in [0, 0.1) is 5.41 Å². The van der Waals surface area contributed by atoms with Crippen LogP contribution in [-0.4, -0.2) is 42.5 Å². The monoisotopic (exact) mass is 267 g/mol. The summed E-state index contributed by atoms with van der Waals surface area (Å²) < 4.78 is 5.47. The van der Waals surface area contributed by atoms with Crippen molar-refractivity contribution in [2.45, 2.75) is 13.8 Å². The van der Waals surface area contributed by atoms with E-state index in [2.05, 4.69) is 5.32 Å². The predicted octanol–water partition coefficient (Wildman–Crippen LogP) is 1.37. The van der Waals surface area contributed by atoms with Crippen LogP contribution in [0.2, 0.25) is 0 Å². The van der Waals surface area contributed by atoms with Crippen molar-refractivity contribution in [1.82, 2.24) is 5.32 Å². The number of carboxylic acid groups (broad SMARTS) is 1. The van der Waals surface area contributed by atoms with Crippen molar-refractivity contribution in [3.05, 3.63) is 29.8 Å². The van der Waals surface area contributed by atoms with Crippen molar-refractivity contribution in [3.8, 4) is 5.75 Å². The third kappa shape index (κ3) is 5.72. The van der Waals surface area contributed by atoms with Gasteiger partial charge >= 0.3 is 5.97 Å². The quantitative estimate of drug-likeness (QED) is 0.620. The summed E-state index contributed by atoms with van der Waals surface area (Å²) in [4.78, 5) is 10.7. The highest BCUT2D eigenvalue weighted by molar-refractivity contribution is 5.87. The first kappa shape index (κ1) is 15.5. The highest BCUT2D eigenvalue weighted by atomic mass is 16.5. The smallest absolute Gasteiger partial charge is 0.335 e. The third-order valence-electron chi connectivity index (χ3n) is 2.68. The van der Waals surface area contributed by atoms with E-state index in [9.17, 15) is 4.79 Å². The fourth-order valence-electron chi connectivity index (χ4n) is 1.42. The molecule has 0 atom stereocenters. The van der Waals surface area contributed by atoms with Gasteiger partial charge < -0.3 is 20.3 Å². The van der Waals surface area contributed by atoms with Gasteiger partial charge in [-0.1, -0.05) is 13.8 Å². The maximum absolute atomic E-state index is 10.7. The van der Waals surface area contributed by atoms with Gasteiger partial charge in [-0.15, -0.1) is 0 Å². The Morgan fingerprint density at radius 1 is 1.32 bits per heavy atom. The Morgan fingerprint density at radius 3 is 2.47 bits per heavy atom. The second-order valence-corrected chi connectivity index (χ2v) is 5.18. The molecule has 5 heteroatoms. The van der Waals surface area contributed by atoms with Gasteiger partial charge in [0.15, 0.2) is 0 Å². The summed E-state index contributed by atoms with van der Waals surface area (Å²) in [5.41, 5.74) is 0.110. The summed E-state index contributed by atoms with van der Waals surface area (Å²) in [7, 11) is 0. The van der Waals surface area contributed by atoms with E-state index >= 15 is 0 Å². The van der Waals surface area contributed by atoms with Crippen LogP contribution in [0.15, 0.2) is 24.3 Å². The van der Waals surface area contributed by atoms with Crippen molar-refractivity contribution in [3.63, 3.8) is 0 Å². The minimum Gasteiger partial charge on any atom is -0.492 e. The summed E-state index contributed by atoms with van der Waals surface area (Å²) in [6.45, 7) is 5.97. The number of carbonyl (C=O) groups is 1. The molecule has 3 N–H and O–H groups in total.